The van der Waals surface area contributed by atoms with E-state index < -0.39 is 0 Å². The molecule has 0 aliphatic rings. The molecular weight excluding hydrogens is 204 g/mol. The van der Waals surface area contributed by atoms with Crippen molar-refractivity contribution in [2.24, 2.45) is 5.73 Å². The number of amides is 1. The van der Waals surface area contributed by atoms with E-state index in [1.807, 2.05) is 43.1 Å². The van der Waals surface area contributed by atoms with Gasteiger partial charge in [-0.15, -0.1) is 0 Å². The summed E-state index contributed by atoms with van der Waals surface area (Å²) in [6, 6.07) is 7.80. The monoisotopic (exact) mass is 222 g/mol. The Morgan fingerprint density at radius 3 is 2.75 bits per heavy atom. The molecule has 0 spiro atoms. The summed E-state index contributed by atoms with van der Waals surface area (Å²) in [7, 11) is 1.85. The Kier molecular flexibility index (Phi) is 4.79. The van der Waals surface area contributed by atoms with Gasteiger partial charge in [0, 0.05) is 12.1 Å². The highest BCUT2D eigenvalue weighted by molar-refractivity contribution is 5.75. The first-order chi connectivity index (χ1) is 7.63. The van der Waals surface area contributed by atoms with E-state index in [0.29, 0.717) is 13.2 Å². The fourth-order valence-electron chi connectivity index (χ4n) is 1.54. The van der Waals surface area contributed by atoms with E-state index in [1.165, 1.54) is 0 Å². The van der Waals surface area contributed by atoms with Crippen LogP contribution in [0.1, 0.15) is 12.5 Å². The second-order valence-electron chi connectivity index (χ2n) is 3.68. The van der Waals surface area contributed by atoms with Gasteiger partial charge in [0.2, 0.25) is 5.91 Å². The molecule has 4 nitrogen and oxygen atoms in total. The minimum atomic E-state index is -0.323. The largest absolute Gasteiger partial charge is 0.494 e. The third-order valence-corrected chi connectivity index (χ3v) is 2.14. The van der Waals surface area contributed by atoms with Gasteiger partial charge < -0.3 is 10.5 Å². The molecule has 0 aliphatic heterocycles. The zero-order valence-electron chi connectivity index (χ0n) is 9.77. The molecule has 0 aromatic heterocycles. The quantitative estimate of drug-likeness (QED) is 0.781. The first-order valence-electron chi connectivity index (χ1n) is 5.31. The lowest BCUT2D eigenvalue weighted by Crippen LogP contribution is -2.30. The summed E-state index contributed by atoms with van der Waals surface area (Å²) in [5.41, 5.74) is 6.19. The molecule has 1 amide bonds. The van der Waals surface area contributed by atoms with E-state index in [2.05, 4.69) is 0 Å². The average molecular weight is 222 g/mol. The summed E-state index contributed by atoms with van der Waals surface area (Å²) >= 11 is 0. The van der Waals surface area contributed by atoms with Gasteiger partial charge >= 0.3 is 0 Å². The van der Waals surface area contributed by atoms with Crippen LogP contribution in [0.4, 0.5) is 0 Å². The van der Waals surface area contributed by atoms with Crippen molar-refractivity contribution in [3.8, 4) is 5.75 Å². The molecule has 4 heteroatoms. The molecule has 0 saturated carbocycles. The summed E-state index contributed by atoms with van der Waals surface area (Å²) in [6.07, 6.45) is 0. The molecule has 1 rings (SSSR count). The van der Waals surface area contributed by atoms with Crippen LogP contribution < -0.4 is 10.5 Å². The molecule has 0 bridgehead atoms. The Morgan fingerprint density at radius 2 is 2.12 bits per heavy atom. The summed E-state index contributed by atoms with van der Waals surface area (Å²) in [4.78, 5) is 12.6. The summed E-state index contributed by atoms with van der Waals surface area (Å²) in [5, 5.41) is 0. The van der Waals surface area contributed by atoms with Gasteiger partial charge in [0.25, 0.3) is 0 Å². The van der Waals surface area contributed by atoms with Crippen molar-refractivity contribution in [1.29, 1.82) is 0 Å². The van der Waals surface area contributed by atoms with Gasteiger partial charge in [0.15, 0.2) is 0 Å². The second kappa shape index (κ2) is 6.12. The number of carbonyl (C=O) groups is 1. The van der Waals surface area contributed by atoms with E-state index >= 15 is 0 Å². The maximum absolute atomic E-state index is 10.8. The zero-order valence-corrected chi connectivity index (χ0v) is 9.77. The summed E-state index contributed by atoms with van der Waals surface area (Å²) in [6.45, 7) is 3.49. The van der Waals surface area contributed by atoms with Crippen molar-refractivity contribution in [3.63, 3.8) is 0 Å². The van der Waals surface area contributed by atoms with Crippen molar-refractivity contribution in [3.05, 3.63) is 29.8 Å². The van der Waals surface area contributed by atoms with Gasteiger partial charge in [-0.1, -0.05) is 18.2 Å². The number of hydrogen-bond donors (Lipinski definition) is 1. The number of nitrogens with two attached hydrogens (primary N) is 1. The summed E-state index contributed by atoms with van der Waals surface area (Å²) in [5.74, 6) is 0.540. The van der Waals surface area contributed by atoms with Crippen LogP contribution in [-0.4, -0.2) is 31.0 Å². The van der Waals surface area contributed by atoms with Crippen LogP contribution in [0.2, 0.25) is 0 Å². The Bertz CT molecular complexity index is 353. The van der Waals surface area contributed by atoms with Gasteiger partial charge in [-0.3, -0.25) is 9.69 Å². The zero-order chi connectivity index (χ0) is 12.0. The molecule has 1 aromatic carbocycles. The van der Waals surface area contributed by atoms with Crippen LogP contribution in [0.3, 0.4) is 0 Å². The first-order valence-corrected chi connectivity index (χ1v) is 5.31. The average Bonchev–Trinajstić information content (AvgIpc) is 2.20. The Labute approximate surface area is 96.0 Å². The lowest BCUT2D eigenvalue weighted by molar-refractivity contribution is -0.118. The molecule has 0 unspecified atom stereocenters. The highest BCUT2D eigenvalue weighted by atomic mass is 16.5. The maximum Gasteiger partial charge on any atom is 0.231 e. The van der Waals surface area contributed by atoms with Gasteiger partial charge in [-0.05, 0) is 20.0 Å². The minimum Gasteiger partial charge on any atom is -0.494 e. The van der Waals surface area contributed by atoms with E-state index in [-0.39, 0.29) is 12.5 Å². The number of ether oxygens (including phenoxy) is 1. The fraction of sp³-hybridized carbons (Fsp3) is 0.417. The third kappa shape index (κ3) is 3.90. The number of carbonyl (C=O) groups excluding carboxylic acids is 1. The number of nitrogens with zero attached hydrogens (tertiary/aromatic N) is 1. The lowest BCUT2D eigenvalue weighted by Gasteiger charge is -2.17. The van der Waals surface area contributed by atoms with Crippen LogP contribution in [0, 0.1) is 0 Å². The standard InChI is InChI=1S/C12H18N2O2/c1-3-16-11-7-5-4-6-10(11)8-14(2)9-12(13)15/h4-7H,3,8-9H2,1-2H3,(H2,13,15). The van der Waals surface area contributed by atoms with Crippen LogP contribution >= 0.6 is 0 Å². The molecule has 0 fully saturated rings. The molecule has 0 saturated heterocycles. The van der Waals surface area contributed by atoms with Crippen molar-refractivity contribution in [2.75, 3.05) is 20.2 Å². The van der Waals surface area contributed by atoms with Gasteiger partial charge in [-0.25, -0.2) is 0 Å². The molecule has 2 N–H and O–H groups in total. The van der Waals surface area contributed by atoms with E-state index in [9.17, 15) is 4.79 Å². The number of hydrogen-bond acceptors (Lipinski definition) is 3. The number of rotatable bonds is 6. The Morgan fingerprint density at radius 1 is 1.44 bits per heavy atom. The summed E-state index contributed by atoms with van der Waals surface area (Å²) < 4.78 is 5.50. The Balaban J connectivity index is 2.68. The van der Waals surface area contributed by atoms with Gasteiger partial charge in [0.1, 0.15) is 5.75 Å². The SMILES string of the molecule is CCOc1ccccc1CN(C)CC(N)=O. The molecule has 0 aliphatic carbocycles. The number of para-hydroxylation sites is 1. The van der Waals surface area contributed by atoms with Crippen LogP contribution in [0.5, 0.6) is 5.75 Å². The van der Waals surface area contributed by atoms with Crippen molar-refractivity contribution < 1.29 is 9.53 Å². The highest BCUT2D eigenvalue weighted by Gasteiger charge is 2.07. The molecule has 1 aromatic rings. The predicted molar refractivity (Wildman–Crippen MR) is 63.1 cm³/mol. The van der Waals surface area contributed by atoms with E-state index in [1.54, 1.807) is 0 Å². The normalized spacial score (nSPS) is 10.4. The molecule has 0 heterocycles. The number of benzene rings is 1. The molecule has 0 radical (unpaired) electrons. The topological polar surface area (TPSA) is 55.6 Å². The van der Waals surface area contributed by atoms with Gasteiger partial charge in [0.05, 0.1) is 13.2 Å². The molecule has 0 atom stereocenters. The van der Waals surface area contributed by atoms with Crippen LogP contribution in [0.25, 0.3) is 0 Å². The van der Waals surface area contributed by atoms with E-state index in [4.69, 9.17) is 10.5 Å². The number of likely N-dealkylation sites (N-methyl/N-ethyl adjacent to an activating group) is 1. The molecular formula is C12H18N2O2. The van der Waals surface area contributed by atoms with Crippen molar-refractivity contribution >= 4 is 5.91 Å². The smallest absolute Gasteiger partial charge is 0.231 e. The minimum absolute atomic E-state index is 0.250. The predicted octanol–water partition coefficient (Wildman–Crippen LogP) is 1.00. The molecule has 88 valence electrons. The van der Waals surface area contributed by atoms with Crippen LogP contribution in [0.15, 0.2) is 24.3 Å². The van der Waals surface area contributed by atoms with Crippen LogP contribution in [-0.2, 0) is 11.3 Å². The number of primary amides is 1. The lowest BCUT2D eigenvalue weighted by atomic mass is 10.2. The third-order valence-electron chi connectivity index (χ3n) is 2.14. The van der Waals surface area contributed by atoms with Crippen molar-refractivity contribution in [1.82, 2.24) is 4.90 Å². The highest BCUT2D eigenvalue weighted by Crippen LogP contribution is 2.19. The molecule has 16 heavy (non-hydrogen) atoms. The Hall–Kier alpha value is -1.55. The van der Waals surface area contributed by atoms with Gasteiger partial charge in [-0.2, -0.15) is 0 Å². The second-order valence-corrected chi connectivity index (χ2v) is 3.68. The maximum atomic E-state index is 10.8. The van der Waals surface area contributed by atoms with Crippen molar-refractivity contribution in [2.45, 2.75) is 13.5 Å². The first kappa shape index (κ1) is 12.5. The van der Waals surface area contributed by atoms with E-state index in [0.717, 1.165) is 11.3 Å². The fourth-order valence-corrected chi connectivity index (χ4v) is 1.54.